The van der Waals surface area contributed by atoms with Gasteiger partial charge in [-0.2, -0.15) is 0 Å². The molecule has 0 spiro atoms. The molecule has 0 saturated carbocycles. The molecule has 0 amide bonds. The highest BCUT2D eigenvalue weighted by Crippen LogP contribution is 2.28. The maximum Gasteiger partial charge on any atom is 0.0483 e. The molecule has 92 valence electrons. The molecule has 0 bridgehead atoms. The SMILES string of the molecule is Cc1c(C(N)CN(C)C)c2ccccc2n1C. The number of likely N-dealkylation sites (N-methyl/N-ethyl adjacent to an activating group) is 1. The van der Waals surface area contributed by atoms with Crippen LogP contribution in [0.15, 0.2) is 24.3 Å². The fourth-order valence-electron chi connectivity index (χ4n) is 2.50. The molecule has 0 aliphatic carbocycles. The number of para-hydroxylation sites is 1. The second-order valence-corrected chi connectivity index (χ2v) is 4.94. The van der Waals surface area contributed by atoms with E-state index < -0.39 is 0 Å². The van der Waals surface area contributed by atoms with Crippen molar-refractivity contribution in [2.75, 3.05) is 20.6 Å². The first-order chi connectivity index (χ1) is 8.02. The molecule has 0 fully saturated rings. The van der Waals surface area contributed by atoms with Gasteiger partial charge in [0.2, 0.25) is 0 Å². The third-order valence-electron chi connectivity index (χ3n) is 3.38. The summed E-state index contributed by atoms with van der Waals surface area (Å²) in [6, 6.07) is 8.52. The first kappa shape index (κ1) is 12.1. The van der Waals surface area contributed by atoms with Crippen molar-refractivity contribution in [1.82, 2.24) is 9.47 Å². The summed E-state index contributed by atoms with van der Waals surface area (Å²) in [7, 11) is 6.21. The number of aromatic nitrogens is 1. The summed E-state index contributed by atoms with van der Waals surface area (Å²) in [6.45, 7) is 3.01. The molecule has 2 rings (SSSR count). The van der Waals surface area contributed by atoms with Crippen LogP contribution in [-0.4, -0.2) is 30.1 Å². The minimum Gasteiger partial charge on any atom is -0.348 e. The summed E-state index contributed by atoms with van der Waals surface area (Å²) in [5, 5.41) is 1.28. The fourth-order valence-corrected chi connectivity index (χ4v) is 2.50. The zero-order valence-electron chi connectivity index (χ0n) is 11.1. The fraction of sp³-hybridized carbons (Fsp3) is 0.429. The lowest BCUT2D eigenvalue weighted by atomic mass is 10.0. The van der Waals surface area contributed by atoms with Crippen molar-refractivity contribution in [1.29, 1.82) is 0 Å². The van der Waals surface area contributed by atoms with E-state index in [4.69, 9.17) is 5.73 Å². The van der Waals surface area contributed by atoms with E-state index in [1.807, 2.05) is 0 Å². The minimum atomic E-state index is 0.0658. The predicted molar refractivity (Wildman–Crippen MR) is 73.1 cm³/mol. The van der Waals surface area contributed by atoms with Gasteiger partial charge in [0, 0.05) is 36.2 Å². The zero-order chi connectivity index (χ0) is 12.6. The van der Waals surface area contributed by atoms with E-state index in [1.54, 1.807) is 0 Å². The minimum absolute atomic E-state index is 0.0658. The molecule has 2 N–H and O–H groups in total. The molecular weight excluding hydrogens is 210 g/mol. The molecule has 1 atom stereocenters. The number of hydrogen-bond donors (Lipinski definition) is 1. The highest BCUT2D eigenvalue weighted by Gasteiger charge is 2.17. The Morgan fingerprint density at radius 1 is 1.29 bits per heavy atom. The molecule has 1 aromatic heterocycles. The van der Waals surface area contributed by atoms with Gasteiger partial charge >= 0.3 is 0 Å². The van der Waals surface area contributed by atoms with E-state index in [9.17, 15) is 0 Å². The van der Waals surface area contributed by atoms with Crippen molar-refractivity contribution < 1.29 is 0 Å². The molecule has 1 heterocycles. The number of benzene rings is 1. The van der Waals surface area contributed by atoms with Crippen LogP contribution in [0, 0.1) is 6.92 Å². The van der Waals surface area contributed by atoms with E-state index in [2.05, 4.69) is 61.8 Å². The van der Waals surface area contributed by atoms with Gasteiger partial charge in [0.1, 0.15) is 0 Å². The maximum absolute atomic E-state index is 6.32. The average Bonchev–Trinajstić information content (AvgIpc) is 2.51. The van der Waals surface area contributed by atoms with Crippen LogP contribution in [0.2, 0.25) is 0 Å². The van der Waals surface area contributed by atoms with Gasteiger partial charge in [0.25, 0.3) is 0 Å². The molecule has 1 unspecified atom stereocenters. The summed E-state index contributed by atoms with van der Waals surface area (Å²) in [5.41, 5.74) is 10.1. The monoisotopic (exact) mass is 231 g/mol. The Hall–Kier alpha value is -1.32. The van der Waals surface area contributed by atoms with E-state index in [1.165, 1.54) is 22.2 Å². The van der Waals surface area contributed by atoms with E-state index in [0.29, 0.717) is 0 Å². The molecule has 3 nitrogen and oxygen atoms in total. The van der Waals surface area contributed by atoms with E-state index in [-0.39, 0.29) is 6.04 Å². The summed E-state index contributed by atoms with van der Waals surface area (Å²) in [6.07, 6.45) is 0. The van der Waals surface area contributed by atoms with Crippen LogP contribution in [-0.2, 0) is 7.05 Å². The molecule has 0 saturated heterocycles. The van der Waals surface area contributed by atoms with E-state index in [0.717, 1.165) is 6.54 Å². The maximum atomic E-state index is 6.32. The number of nitrogens with two attached hydrogens (primary N) is 1. The Balaban J connectivity index is 2.56. The van der Waals surface area contributed by atoms with Crippen LogP contribution in [0.3, 0.4) is 0 Å². The smallest absolute Gasteiger partial charge is 0.0483 e. The first-order valence-corrected chi connectivity index (χ1v) is 5.96. The predicted octanol–water partition coefficient (Wildman–Crippen LogP) is 2.05. The summed E-state index contributed by atoms with van der Waals surface area (Å²) >= 11 is 0. The van der Waals surface area contributed by atoms with Gasteiger partial charge in [-0.05, 0) is 32.6 Å². The lowest BCUT2D eigenvalue weighted by Crippen LogP contribution is -2.26. The molecule has 1 aromatic carbocycles. The lowest BCUT2D eigenvalue weighted by Gasteiger charge is -2.17. The number of aryl methyl sites for hydroxylation is 1. The van der Waals surface area contributed by atoms with Crippen LogP contribution < -0.4 is 5.73 Å². The number of fused-ring (bicyclic) bond motifs is 1. The van der Waals surface area contributed by atoms with Gasteiger partial charge in [0.15, 0.2) is 0 Å². The third kappa shape index (κ3) is 2.08. The van der Waals surface area contributed by atoms with Crippen LogP contribution in [0.25, 0.3) is 10.9 Å². The molecule has 0 radical (unpaired) electrons. The average molecular weight is 231 g/mol. The molecular formula is C14H21N3. The zero-order valence-corrected chi connectivity index (χ0v) is 11.1. The summed E-state index contributed by atoms with van der Waals surface area (Å²) in [5.74, 6) is 0. The van der Waals surface area contributed by atoms with Gasteiger partial charge in [-0.1, -0.05) is 18.2 Å². The topological polar surface area (TPSA) is 34.2 Å². The van der Waals surface area contributed by atoms with Crippen molar-refractivity contribution in [3.05, 3.63) is 35.5 Å². The molecule has 3 heteroatoms. The van der Waals surface area contributed by atoms with Crippen LogP contribution in [0.1, 0.15) is 17.3 Å². The quantitative estimate of drug-likeness (QED) is 0.877. The Bertz CT molecular complexity index is 525. The van der Waals surface area contributed by atoms with Crippen molar-refractivity contribution in [3.63, 3.8) is 0 Å². The Morgan fingerprint density at radius 2 is 1.94 bits per heavy atom. The second kappa shape index (κ2) is 4.51. The highest BCUT2D eigenvalue weighted by molar-refractivity contribution is 5.86. The summed E-state index contributed by atoms with van der Waals surface area (Å²) < 4.78 is 2.22. The van der Waals surface area contributed by atoms with E-state index >= 15 is 0 Å². The van der Waals surface area contributed by atoms with Crippen molar-refractivity contribution in [3.8, 4) is 0 Å². The third-order valence-corrected chi connectivity index (χ3v) is 3.38. The van der Waals surface area contributed by atoms with Crippen LogP contribution in [0.5, 0.6) is 0 Å². The van der Waals surface area contributed by atoms with Crippen molar-refractivity contribution in [2.45, 2.75) is 13.0 Å². The normalized spacial score (nSPS) is 13.5. The van der Waals surface area contributed by atoms with Crippen LogP contribution in [0.4, 0.5) is 0 Å². The largest absolute Gasteiger partial charge is 0.348 e. The van der Waals surface area contributed by atoms with Gasteiger partial charge in [-0.3, -0.25) is 0 Å². The first-order valence-electron chi connectivity index (χ1n) is 5.96. The van der Waals surface area contributed by atoms with Gasteiger partial charge < -0.3 is 15.2 Å². The molecule has 17 heavy (non-hydrogen) atoms. The van der Waals surface area contributed by atoms with Gasteiger partial charge in [0.05, 0.1) is 0 Å². The number of rotatable bonds is 3. The van der Waals surface area contributed by atoms with Gasteiger partial charge in [-0.25, -0.2) is 0 Å². The molecule has 0 aliphatic heterocycles. The van der Waals surface area contributed by atoms with Crippen molar-refractivity contribution in [2.24, 2.45) is 12.8 Å². The number of nitrogens with zero attached hydrogens (tertiary/aromatic N) is 2. The van der Waals surface area contributed by atoms with Crippen molar-refractivity contribution >= 4 is 10.9 Å². The lowest BCUT2D eigenvalue weighted by molar-refractivity contribution is 0.377. The molecule has 0 aliphatic rings. The van der Waals surface area contributed by atoms with Gasteiger partial charge in [-0.15, -0.1) is 0 Å². The second-order valence-electron chi connectivity index (χ2n) is 4.94. The Labute approximate surface area is 103 Å². The summed E-state index contributed by atoms with van der Waals surface area (Å²) in [4.78, 5) is 2.13. The Morgan fingerprint density at radius 3 is 2.59 bits per heavy atom. The number of hydrogen-bond acceptors (Lipinski definition) is 2. The highest BCUT2D eigenvalue weighted by atomic mass is 15.1. The standard InChI is InChI=1S/C14H21N3/c1-10-14(12(15)9-16(2)3)11-7-5-6-8-13(11)17(10)4/h5-8,12H,9,15H2,1-4H3. The van der Waals surface area contributed by atoms with Crippen LogP contribution >= 0.6 is 0 Å². The molecule has 2 aromatic rings. The Kier molecular flexibility index (Phi) is 3.22.